The maximum absolute atomic E-state index is 14.4. The lowest BCUT2D eigenvalue weighted by molar-refractivity contribution is -0.128. The lowest BCUT2D eigenvalue weighted by atomic mass is 9.98. The largest absolute Gasteiger partial charge is 0.344 e. The van der Waals surface area contributed by atoms with Crippen molar-refractivity contribution >= 4 is 17.7 Å². The molecule has 3 rings (SSSR count). The van der Waals surface area contributed by atoms with Crippen LogP contribution >= 0.6 is 0 Å². The molecule has 0 saturated carbocycles. The lowest BCUT2D eigenvalue weighted by Gasteiger charge is -2.32. The first-order valence-corrected chi connectivity index (χ1v) is 8.58. The van der Waals surface area contributed by atoms with Gasteiger partial charge in [-0.1, -0.05) is 18.2 Å². The number of carbonyl (C=O) groups is 3. The molecule has 1 aliphatic rings. The summed E-state index contributed by atoms with van der Waals surface area (Å²) in [6, 6.07) is 9.90. The van der Waals surface area contributed by atoms with Crippen molar-refractivity contribution in [1.82, 2.24) is 15.2 Å². The van der Waals surface area contributed by atoms with Crippen LogP contribution in [0.25, 0.3) is 0 Å². The van der Waals surface area contributed by atoms with Crippen molar-refractivity contribution in [2.24, 2.45) is 0 Å². The summed E-state index contributed by atoms with van der Waals surface area (Å²) in [7, 11) is 0. The van der Waals surface area contributed by atoms with E-state index in [4.69, 9.17) is 0 Å². The fourth-order valence-electron chi connectivity index (χ4n) is 3.17. The number of nitrogens with zero attached hydrogens (tertiary/aromatic N) is 2. The molecule has 7 heteroatoms. The molecular weight excluding hydrogens is 349 g/mol. The molecule has 1 aromatic carbocycles. The Kier molecular flexibility index (Phi) is 4.78. The Hall–Kier alpha value is -3.09. The molecule has 1 N–H and O–H groups in total. The molecule has 6 nitrogen and oxygen atoms in total. The first kappa shape index (κ1) is 18.7. The summed E-state index contributed by atoms with van der Waals surface area (Å²) in [5.41, 5.74) is 0.00490. The number of hydrogen-bond donors (Lipinski definition) is 1. The molecule has 1 aliphatic heterocycles. The van der Waals surface area contributed by atoms with Gasteiger partial charge in [-0.2, -0.15) is 0 Å². The number of imide groups is 1. The molecule has 0 bridgehead atoms. The van der Waals surface area contributed by atoms with Crippen LogP contribution in [0.15, 0.2) is 48.7 Å². The summed E-state index contributed by atoms with van der Waals surface area (Å²) in [6.45, 7) is 4.59. The zero-order chi connectivity index (χ0) is 19.8. The Morgan fingerprint density at radius 2 is 1.63 bits per heavy atom. The quantitative estimate of drug-likeness (QED) is 0.821. The fraction of sp³-hybridized carbons (Fsp3) is 0.300. The first-order chi connectivity index (χ1) is 12.7. The van der Waals surface area contributed by atoms with Crippen molar-refractivity contribution in [3.8, 4) is 0 Å². The summed E-state index contributed by atoms with van der Waals surface area (Å²) in [6.07, 6.45) is -0.158. The highest BCUT2D eigenvalue weighted by molar-refractivity contribution is 6.22. The van der Waals surface area contributed by atoms with E-state index in [0.29, 0.717) is 10.6 Å². The Morgan fingerprint density at radius 3 is 2.11 bits per heavy atom. The molecule has 0 fully saturated rings. The minimum Gasteiger partial charge on any atom is -0.344 e. The van der Waals surface area contributed by atoms with Gasteiger partial charge in [0, 0.05) is 6.20 Å². The molecule has 0 unspecified atom stereocenters. The highest BCUT2D eigenvalue weighted by atomic mass is 19.1. The molecule has 2 aromatic rings. The van der Waals surface area contributed by atoms with Gasteiger partial charge >= 0.3 is 0 Å². The maximum Gasteiger partial charge on any atom is 0.262 e. The van der Waals surface area contributed by atoms with Gasteiger partial charge in [0.15, 0.2) is 0 Å². The van der Waals surface area contributed by atoms with E-state index in [9.17, 15) is 18.8 Å². The van der Waals surface area contributed by atoms with Gasteiger partial charge in [0.05, 0.1) is 22.4 Å². The van der Waals surface area contributed by atoms with Crippen LogP contribution < -0.4 is 5.32 Å². The van der Waals surface area contributed by atoms with Gasteiger partial charge in [-0.05, 0) is 45.0 Å². The van der Waals surface area contributed by atoms with Gasteiger partial charge in [0.1, 0.15) is 12.2 Å². The van der Waals surface area contributed by atoms with Crippen LogP contribution in [0.3, 0.4) is 0 Å². The summed E-state index contributed by atoms with van der Waals surface area (Å²) in [5, 5.41) is 2.71. The molecule has 140 valence electrons. The highest BCUT2D eigenvalue weighted by Crippen LogP contribution is 2.27. The van der Waals surface area contributed by atoms with Crippen LogP contribution in [0.4, 0.5) is 4.39 Å². The van der Waals surface area contributed by atoms with Crippen LogP contribution in [0.1, 0.15) is 47.2 Å². The van der Waals surface area contributed by atoms with Gasteiger partial charge in [0.2, 0.25) is 5.91 Å². The normalized spacial score (nSPS) is 16.1. The van der Waals surface area contributed by atoms with Gasteiger partial charge in [0.25, 0.3) is 11.8 Å². The average Bonchev–Trinajstić information content (AvgIpc) is 2.88. The van der Waals surface area contributed by atoms with E-state index in [0.717, 1.165) is 6.92 Å². The molecule has 3 amide bonds. The third-order valence-corrected chi connectivity index (χ3v) is 4.55. The molecule has 27 heavy (non-hydrogen) atoms. The molecule has 2 atom stereocenters. The topological polar surface area (TPSA) is 79.4 Å². The number of fused-ring (bicyclic) bond motifs is 1. The molecule has 0 spiro atoms. The Balaban J connectivity index is 1.90. The minimum atomic E-state index is -1.74. The van der Waals surface area contributed by atoms with E-state index in [1.54, 1.807) is 50.4 Å². The van der Waals surface area contributed by atoms with E-state index in [2.05, 4.69) is 10.3 Å². The number of aromatic nitrogens is 1. The number of rotatable bonds is 5. The van der Waals surface area contributed by atoms with Crippen molar-refractivity contribution in [2.45, 2.75) is 38.5 Å². The van der Waals surface area contributed by atoms with E-state index < -0.39 is 35.5 Å². The second-order valence-electron chi connectivity index (χ2n) is 6.98. The van der Waals surface area contributed by atoms with Gasteiger partial charge in [-0.25, -0.2) is 4.39 Å². The second kappa shape index (κ2) is 6.90. The first-order valence-electron chi connectivity index (χ1n) is 8.58. The number of halogens is 1. The Bertz CT molecular complexity index is 861. The molecule has 2 heterocycles. The summed E-state index contributed by atoms with van der Waals surface area (Å²) in [4.78, 5) is 43.1. The van der Waals surface area contributed by atoms with E-state index in [1.165, 1.54) is 12.1 Å². The molecule has 0 radical (unpaired) electrons. The Morgan fingerprint density at radius 1 is 1.07 bits per heavy atom. The van der Waals surface area contributed by atoms with Crippen LogP contribution in [0.2, 0.25) is 0 Å². The van der Waals surface area contributed by atoms with Crippen LogP contribution in [0.5, 0.6) is 0 Å². The number of amides is 3. The summed E-state index contributed by atoms with van der Waals surface area (Å²) in [5.74, 6) is -2.10. The molecule has 1 aromatic heterocycles. The summed E-state index contributed by atoms with van der Waals surface area (Å²) < 4.78 is 14.4. The molecule has 0 aliphatic carbocycles. The highest BCUT2D eigenvalue weighted by Gasteiger charge is 2.46. The van der Waals surface area contributed by atoms with Crippen LogP contribution in [-0.4, -0.2) is 39.8 Å². The van der Waals surface area contributed by atoms with E-state index in [1.807, 2.05) is 0 Å². The minimum absolute atomic E-state index is 0.171. The van der Waals surface area contributed by atoms with Crippen molar-refractivity contribution in [3.63, 3.8) is 0 Å². The fourth-order valence-corrected chi connectivity index (χ4v) is 3.17. The zero-order valence-electron chi connectivity index (χ0n) is 15.3. The molecule has 0 saturated heterocycles. The zero-order valence-corrected chi connectivity index (χ0v) is 15.3. The molecular formula is C20H20FN3O3. The third kappa shape index (κ3) is 3.32. The van der Waals surface area contributed by atoms with Crippen molar-refractivity contribution < 1.29 is 18.8 Å². The van der Waals surface area contributed by atoms with Crippen molar-refractivity contribution in [3.05, 3.63) is 65.5 Å². The summed E-state index contributed by atoms with van der Waals surface area (Å²) >= 11 is 0. The van der Waals surface area contributed by atoms with E-state index in [-0.39, 0.29) is 11.1 Å². The number of benzene rings is 1. The van der Waals surface area contributed by atoms with Gasteiger partial charge < -0.3 is 5.32 Å². The Labute approximate surface area is 156 Å². The smallest absolute Gasteiger partial charge is 0.262 e. The maximum atomic E-state index is 14.4. The van der Waals surface area contributed by atoms with Gasteiger partial charge in [-0.15, -0.1) is 0 Å². The lowest BCUT2D eigenvalue weighted by Crippen LogP contribution is -2.57. The van der Waals surface area contributed by atoms with Crippen LogP contribution in [-0.2, 0) is 10.3 Å². The number of carbonyl (C=O) groups excluding carboxylic acids is 3. The predicted octanol–water partition coefficient (Wildman–Crippen LogP) is 2.46. The third-order valence-electron chi connectivity index (χ3n) is 4.55. The SMILES string of the molecule is C[C@H](F)[C@@H](C(=O)NC(C)(C)c1ccccn1)N1C(=O)c2ccccc2C1=O. The number of alkyl halides is 1. The number of nitrogens with one attached hydrogen (secondary N) is 1. The van der Waals surface area contributed by atoms with Gasteiger partial charge in [-0.3, -0.25) is 24.3 Å². The van der Waals surface area contributed by atoms with Crippen LogP contribution in [0, 0.1) is 0 Å². The predicted molar refractivity (Wildman–Crippen MR) is 96.7 cm³/mol. The monoisotopic (exact) mass is 369 g/mol. The second-order valence-corrected chi connectivity index (χ2v) is 6.98. The number of hydrogen-bond acceptors (Lipinski definition) is 4. The van der Waals surface area contributed by atoms with Crippen molar-refractivity contribution in [1.29, 1.82) is 0 Å². The standard InChI is InChI=1S/C20H20FN3O3/c1-12(21)16(17(25)23-20(2,3)15-10-6-7-11-22-15)24-18(26)13-8-4-5-9-14(13)19(24)27/h4-12,16H,1-3H3,(H,23,25)/t12-,16-/m0/s1. The average molecular weight is 369 g/mol. The van der Waals surface area contributed by atoms with Crippen molar-refractivity contribution in [2.75, 3.05) is 0 Å². The van der Waals surface area contributed by atoms with E-state index >= 15 is 0 Å². The number of pyridine rings is 1.